The van der Waals surface area contributed by atoms with Crippen LogP contribution < -0.4 is 0 Å². The zero-order valence-electron chi connectivity index (χ0n) is 19.0. The molecule has 0 fully saturated rings. The van der Waals surface area contributed by atoms with Gasteiger partial charge in [-0.2, -0.15) is 0 Å². The van der Waals surface area contributed by atoms with Gasteiger partial charge >= 0.3 is 6.09 Å². The summed E-state index contributed by atoms with van der Waals surface area (Å²) in [5.74, 6) is -0.179. The van der Waals surface area contributed by atoms with Crippen LogP contribution in [-0.4, -0.2) is 58.0 Å². The first kappa shape index (κ1) is 22.1. The van der Waals surface area contributed by atoms with Crippen molar-refractivity contribution in [3.8, 4) is 11.1 Å². The first-order chi connectivity index (χ1) is 15.0. The topological polar surface area (TPSA) is 78.5 Å². The smallest absolute Gasteiger partial charge is 0.410 e. The molecule has 7 nitrogen and oxygen atoms in total. The number of pyridine rings is 1. The zero-order valence-corrected chi connectivity index (χ0v) is 19.7. The van der Waals surface area contributed by atoms with Crippen LogP contribution in [0.1, 0.15) is 42.4 Å². The molecule has 32 heavy (non-hydrogen) atoms. The largest absolute Gasteiger partial charge is 0.444 e. The zero-order chi connectivity index (χ0) is 23.2. The average Bonchev–Trinajstić information content (AvgIpc) is 3.09. The van der Waals surface area contributed by atoms with Crippen LogP contribution in [0.25, 0.3) is 22.2 Å². The predicted molar refractivity (Wildman–Crippen MR) is 125 cm³/mol. The molecule has 1 N–H and O–H groups in total. The van der Waals surface area contributed by atoms with Crippen molar-refractivity contribution in [2.75, 3.05) is 20.6 Å². The lowest BCUT2D eigenvalue weighted by Gasteiger charge is -2.31. The highest BCUT2D eigenvalue weighted by atomic mass is 35.5. The second-order valence-electron chi connectivity index (χ2n) is 9.27. The summed E-state index contributed by atoms with van der Waals surface area (Å²) in [5.41, 5.74) is 4.31. The Labute approximate surface area is 192 Å². The van der Waals surface area contributed by atoms with Gasteiger partial charge in [0.15, 0.2) is 0 Å². The Morgan fingerprint density at radius 1 is 1.16 bits per heavy atom. The third-order valence-corrected chi connectivity index (χ3v) is 5.57. The Bertz CT molecular complexity index is 1210. The van der Waals surface area contributed by atoms with E-state index in [0.29, 0.717) is 36.0 Å². The number of nitrogens with zero attached hydrogens (tertiary/aromatic N) is 3. The standard InChI is InChI=1S/C24H27ClN4O3/c1-24(2,3)32-23(31)29-9-8-14-10-15(6-7-16(14)13-29)18-11-17-12-19(25)26-21(17)27-20(18)22(30)28(4)5/h6-7,10-12H,8-9,13H2,1-5H3,(H,26,27). The maximum atomic E-state index is 12.9. The number of H-pyrrole nitrogens is 1. The van der Waals surface area contributed by atoms with Crippen molar-refractivity contribution in [3.63, 3.8) is 0 Å². The molecule has 2 aromatic heterocycles. The molecule has 0 saturated heterocycles. The van der Waals surface area contributed by atoms with E-state index in [-0.39, 0.29) is 12.0 Å². The minimum absolute atomic E-state index is 0.179. The summed E-state index contributed by atoms with van der Waals surface area (Å²) in [7, 11) is 3.41. The van der Waals surface area contributed by atoms with Crippen LogP contribution in [0.5, 0.6) is 0 Å². The number of rotatable bonds is 2. The molecule has 0 bridgehead atoms. The normalized spacial score (nSPS) is 13.8. The Kier molecular flexibility index (Phi) is 5.63. The van der Waals surface area contributed by atoms with Gasteiger partial charge in [-0.05, 0) is 56.0 Å². The van der Waals surface area contributed by atoms with Gasteiger partial charge in [-0.25, -0.2) is 9.78 Å². The molecule has 1 aromatic carbocycles. The van der Waals surface area contributed by atoms with Crippen LogP contribution in [0.3, 0.4) is 0 Å². The maximum Gasteiger partial charge on any atom is 0.410 e. The number of carbonyl (C=O) groups excluding carboxylic acids is 2. The summed E-state index contributed by atoms with van der Waals surface area (Å²) in [6.07, 6.45) is 0.412. The van der Waals surface area contributed by atoms with Crippen LogP contribution >= 0.6 is 11.6 Å². The van der Waals surface area contributed by atoms with E-state index in [4.69, 9.17) is 16.3 Å². The van der Waals surface area contributed by atoms with Crippen LogP contribution in [0.4, 0.5) is 4.79 Å². The fourth-order valence-electron chi connectivity index (χ4n) is 3.82. The second-order valence-corrected chi connectivity index (χ2v) is 9.68. The van der Waals surface area contributed by atoms with E-state index in [0.717, 1.165) is 27.6 Å². The van der Waals surface area contributed by atoms with Gasteiger partial charge in [-0.3, -0.25) is 4.79 Å². The number of hydrogen-bond donors (Lipinski definition) is 1. The van der Waals surface area contributed by atoms with Crippen molar-refractivity contribution < 1.29 is 14.3 Å². The summed E-state index contributed by atoms with van der Waals surface area (Å²) in [5, 5.41) is 1.31. The highest BCUT2D eigenvalue weighted by molar-refractivity contribution is 6.30. The summed E-state index contributed by atoms with van der Waals surface area (Å²) in [6.45, 7) is 6.68. The number of ether oxygens (including phenoxy) is 1. The van der Waals surface area contributed by atoms with Crippen molar-refractivity contribution >= 4 is 34.6 Å². The Morgan fingerprint density at radius 3 is 2.59 bits per heavy atom. The number of hydrogen-bond acceptors (Lipinski definition) is 4. The monoisotopic (exact) mass is 454 g/mol. The highest BCUT2D eigenvalue weighted by Gasteiger charge is 2.26. The van der Waals surface area contributed by atoms with Crippen molar-refractivity contribution in [1.29, 1.82) is 0 Å². The Hall–Kier alpha value is -3.06. The van der Waals surface area contributed by atoms with E-state index in [9.17, 15) is 9.59 Å². The molecular weight excluding hydrogens is 428 g/mol. The summed E-state index contributed by atoms with van der Waals surface area (Å²) >= 11 is 6.12. The van der Waals surface area contributed by atoms with E-state index in [2.05, 4.69) is 16.0 Å². The lowest BCUT2D eigenvalue weighted by molar-refractivity contribution is 0.0224. The van der Waals surface area contributed by atoms with Crippen LogP contribution in [-0.2, 0) is 17.7 Å². The van der Waals surface area contributed by atoms with Crippen LogP contribution in [0, 0.1) is 0 Å². The van der Waals surface area contributed by atoms with Crippen molar-refractivity contribution in [1.82, 2.24) is 19.8 Å². The van der Waals surface area contributed by atoms with Gasteiger partial charge in [0, 0.05) is 38.1 Å². The van der Waals surface area contributed by atoms with Crippen molar-refractivity contribution in [3.05, 3.63) is 52.3 Å². The Morgan fingerprint density at radius 2 is 1.91 bits per heavy atom. The van der Waals surface area contributed by atoms with Gasteiger partial charge in [0.05, 0.1) is 0 Å². The SMILES string of the molecule is CN(C)C(=O)c1nc2[nH]c(Cl)cc2cc1-c1ccc2c(c1)CCN(C(=O)OC(C)(C)C)C2. The number of amides is 2. The lowest BCUT2D eigenvalue weighted by Crippen LogP contribution is -2.39. The number of halogens is 1. The Balaban J connectivity index is 1.70. The minimum atomic E-state index is -0.524. The van der Waals surface area contributed by atoms with Gasteiger partial charge in [0.25, 0.3) is 5.91 Å². The van der Waals surface area contributed by atoms with Gasteiger partial charge in [0.2, 0.25) is 0 Å². The molecule has 8 heteroatoms. The molecule has 0 spiro atoms. The molecule has 3 aromatic rings. The number of aromatic amines is 1. The third-order valence-electron chi connectivity index (χ3n) is 5.36. The van der Waals surface area contributed by atoms with Gasteiger partial charge < -0.3 is 19.5 Å². The van der Waals surface area contributed by atoms with E-state index in [1.54, 1.807) is 25.1 Å². The van der Waals surface area contributed by atoms with E-state index >= 15 is 0 Å². The summed E-state index contributed by atoms with van der Waals surface area (Å²) in [6, 6.07) is 9.82. The van der Waals surface area contributed by atoms with Gasteiger partial charge in [0.1, 0.15) is 22.1 Å². The fourth-order valence-corrected chi connectivity index (χ4v) is 4.03. The van der Waals surface area contributed by atoms with Crippen LogP contribution in [0.15, 0.2) is 30.3 Å². The number of carbonyl (C=O) groups is 2. The van der Waals surface area contributed by atoms with Crippen molar-refractivity contribution in [2.24, 2.45) is 0 Å². The van der Waals surface area contributed by atoms with Gasteiger partial charge in [-0.1, -0.05) is 29.8 Å². The van der Waals surface area contributed by atoms with Gasteiger partial charge in [-0.15, -0.1) is 0 Å². The summed E-state index contributed by atoms with van der Waals surface area (Å²) < 4.78 is 5.52. The number of nitrogens with one attached hydrogen (secondary N) is 1. The maximum absolute atomic E-state index is 12.9. The molecule has 168 valence electrons. The lowest BCUT2D eigenvalue weighted by atomic mass is 9.93. The molecule has 3 heterocycles. The third kappa shape index (κ3) is 4.43. The molecule has 1 aliphatic rings. The summed E-state index contributed by atoms with van der Waals surface area (Å²) in [4.78, 5) is 36.1. The molecular formula is C24H27ClN4O3. The predicted octanol–water partition coefficient (Wildman–Crippen LogP) is 4.88. The quantitative estimate of drug-likeness (QED) is 0.598. The molecule has 0 saturated carbocycles. The van der Waals surface area contributed by atoms with Crippen LogP contribution in [0.2, 0.25) is 5.15 Å². The number of benzene rings is 1. The van der Waals surface area contributed by atoms with Crippen molar-refractivity contribution in [2.45, 2.75) is 39.3 Å². The molecule has 0 atom stereocenters. The van der Waals surface area contributed by atoms with E-state index in [1.165, 1.54) is 4.90 Å². The fraction of sp³-hybridized carbons (Fsp3) is 0.375. The minimum Gasteiger partial charge on any atom is -0.444 e. The number of fused-ring (bicyclic) bond motifs is 2. The first-order valence-corrected chi connectivity index (χ1v) is 10.9. The molecule has 1 aliphatic heterocycles. The molecule has 0 radical (unpaired) electrons. The molecule has 0 unspecified atom stereocenters. The average molecular weight is 455 g/mol. The first-order valence-electron chi connectivity index (χ1n) is 10.5. The van der Waals surface area contributed by atoms with E-state index in [1.807, 2.05) is 39.0 Å². The molecule has 2 amide bonds. The number of aromatic nitrogens is 2. The second kappa shape index (κ2) is 8.13. The highest BCUT2D eigenvalue weighted by Crippen LogP contribution is 2.32. The molecule has 4 rings (SSSR count). The van der Waals surface area contributed by atoms with E-state index < -0.39 is 5.60 Å². The molecule has 0 aliphatic carbocycles.